The first-order chi connectivity index (χ1) is 14.7. The standard InChI is InChI=1S/C21H17F3N6O/c1-29(15-5-3-11-6-13(21(22,23)24)8-27-18(11)15)20(31)12-2-4-14-16(7-12)30-10-26-9-17(30)19(25)28-14/h2,4,6-10,15H,3,5H2,1H3,(H2,25,28)/t15-/m1/s1. The number of aromatic nitrogens is 4. The fourth-order valence-electron chi connectivity index (χ4n) is 4.13. The van der Waals surface area contributed by atoms with Gasteiger partial charge in [0.15, 0.2) is 0 Å². The molecular weight excluding hydrogens is 409 g/mol. The van der Waals surface area contributed by atoms with Crippen LogP contribution in [0.25, 0.3) is 16.6 Å². The number of rotatable bonds is 2. The third-order valence-electron chi connectivity index (χ3n) is 5.74. The van der Waals surface area contributed by atoms with Crippen LogP contribution >= 0.6 is 0 Å². The number of nitrogen functional groups attached to an aromatic ring is 1. The maximum atomic E-state index is 13.2. The first-order valence-electron chi connectivity index (χ1n) is 9.58. The van der Waals surface area contributed by atoms with Crippen molar-refractivity contribution in [1.29, 1.82) is 0 Å². The third kappa shape index (κ3) is 3.06. The highest BCUT2D eigenvalue weighted by atomic mass is 19.4. The van der Waals surface area contributed by atoms with Gasteiger partial charge in [-0.25, -0.2) is 9.97 Å². The number of amides is 1. The van der Waals surface area contributed by atoms with Crippen LogP contribution in [0, 0.1) is 0 Å². The van der Waals surface area contributed by atoms with Gasteiger partial charge in [-0.1, -0.05) is 0 Å². The lowest BCUT2D eigenvalue weighted by Crippen LogP contribution is -2.30. The normalized spacial score (nSPS) is 16.1. The van der Waals surface area contributed by atoms with E-state index in [-0.39, 0.29) is 5.91 Å². The van der Waals surface area contributed by atoms with Gasteiger partial charge in [-0.3, -0.25) is 14.2 Å². The van der Waals surface area contributed by atoms with E-state index in [0.717, 1.165) is 12.3 Å². The van der Waals surface area contributed by atoms with Crippen molar-refractivity contribution >= 4 is 28.3 Å². The molecule has 3 aromatic heterocycles. The number of fused-ring (bicyclic) bond motifs is 4. The third-order valence-corrected chi connectivity index (χ3v) is 5.74. The molecule has 1 aliphatic carbocycles. The van der Waals surface area contributed by atoms with Crippen LogP contribution in [0.5, 0.6) is 0 Å². The largest absolute Gasteiger partial charge is 0.417 e. The summed E-state index contributed by atoms with van der Waals surface area (Å²) < 4.78 is 40.7. The molecule has 0 spiro atoms. The molecule has 10 heteroatoms. The molecule has 0 fully saturated rings. The summed E-state index contributed by atoms with van der Waals surface area (Å²) in [5.41, 5.74) is 8.59. The summed E-state index contributed by atoms with van der Waals surface area (Å²) in [7, 11) is 1.64. The summed E-state index contributed by atoms with van der Waals surface area (Å²) in [6.45, 7) is 0. The van der Waals surface area contributed by atoms with Crippen molar-refractivity contribution < 1.29 is 18.0 Å². The van der Waals surface area contributed by atoms with Crippen LogP contribution in [0.2, 0.25) is 0 Å². The SMILES string of the molecule is CN(C(=O)c1ccc2nc(N)c3cncn3c2c1)[C@@H]1CCc2cc(C(F)(F)F)cnc21. The Bertz CT molecular complexity index is 1350. The van der Waals surface area contributed by atoms with Crippen molar-refractivity contribution in [2.45, 2.75) is 25.1 Å². The van der Waals surface area contributed by atoms with E-state index in [0.29, 0.717) is 52.0 Å². The van der Waals surface area contributed by atoms with Gasteiger partial charge in [0.25, 0.3) is 5.91 Å². The van der Waals surface area contributed by atoms with Gasteiger partial charge in [-0.05, 0) is 42.7 Å². The molecule has 0 radical (unpaired) electrons. The lowest BCUT2D eigenvalue weighted by atomic mass is 10.1. The predicted molar refractivity (Wildman–Crippen MR) is 107 cm³/mol. The summed E-state index contributed by atoms with van der Waals surface area (Å²) in [5, 5.41) is 0. The minimum atomic E-state index is -4.44. The molecule has 1 amide bonds. The van der Waals surface area contributed by atoms with Gasteiger partial charge in [0.05, 0.1) is 40.9 Å². The zero-order valence-electron chi connectivity index (χ0n) is 16.4. The lowest BCUT2D eigenvalue weighted by Gasteiger charge is -2.25. The van der Waals surface area contributed by atoms with Crippen LogP contribution in [-0.2, 0) is 12.6 Å². The number of carbonyl (C=O) groups is 1. The van der Waals surface area contributed by atoms with Crippen molar-refractivity contribution in [3.05, 3.63) is 65.4 Å². The van der Waals surface area contributed by atoms with Crippen molar-refractivity contribution in [2.75, 3.05) is 12.8 Å². The van der Waals surface area contributed by atoms with Crippen molar-refractivity contribution in [3.63, 3.8) is 0 Å². The summed E-state index contributed by atoms with van der Waals surface area (Å²) in [5.74, 6) is 0.0830. The summed E-state index contributed by atoms with van der Waals surface area (Å²) >= 11 is 0. The highest BCUT2D eigenvalue weighted by Gasteiger charge is 2.35. The Balaban J connectivity index is 1.49. The first kappa shape index (κ1) is 19.3. The fourth-order valence-corrected chi connectivity index (χ4v) is 4.13. The van der Waals surface area contributed by atoms with E-state index < -0.39 is 17.8 Å². The number of imidazole rings is 1. The topological polar surface area (TPSA) is 89.4 Å². The molecule has 0 aliphatic heterocycles. The molecule has 7 nitrogen and oxygen atoms in total. The number of benzene rings is 1. The van der Waals surface area contributed by atoms with Crippen LogP contribution in [0.3, 0.4) is 0 Å². The minimum Gasteiger partial charge on any atom is -0.382 e. The van der Waals surface area contributed by atoms with Crippen molar-refractivity contribution in [1.82, 2.24) is 24.3 Å². The molecule has 0 unspecified atom stereocenters. The molecule has 0 saturated heterocycles. The van der Waals surface area contributed by atoms with Gasteiger partial charge >= 0.3 is 6.18 Å². The van der Waals surface area contributed by atoms with Crippen LogP contribution in [0.4, 0.5) is 19.0 Å². The smallest absolute Gasteiger partial charge is 0.382 e. The average molecular weight is 426 g/mol. The number of carbonyl (C=O) groups excluding carboxylic acids is 1. The van der Waals surface area contributed by atoms with Gasteiger partial charge < -0.3 is 10.6 Å². The molecule has 31 heavy (non-hydrogen) atoms. The Labute approximate surface area is 174 Å². The van der Waals surface area contributed by atoms with Gasteiger partial charge in [0.2, 0.25) is 0 Å². The number of anilines is 1. The first-order valence-corrected chi connectivity index (χ1v) is 9.58. The summed E-state index contributed by atoms with van der Waals surface area (Å²) in [6, 6.07) is 5.82. The summed E-state index contributed by atoms with van der Waals surface area (Å²) in [4.78, 5) is 27.2. The van der Waals surface area contributed by atoms with Crippen molar-refractivity contribution in [2.24, 2.45) is 0 Å². The average Bonchev–Trinajstić information content (AvgIpc) is 3.39. The summed E-state index contributed by atoms with van der Waals surface area (Å²) in [6.07, 6.45) is 0.538. The second kappa shape index (κ2) is 6.66. The molecule has 4 aromatic rings. The number of alkyl halides is 3. The molecule has 1 aromatic carbocycles. The van der Waals surface area contributed by atoms with Crippen LogP contribution in [0.15, 0.2) is 43.0 Å². The van der Waals surface area contributed by atoms with Crippen LogP contribution in [-0.4, -0.2) is 37.2 Å². The Morgan fingerprint density at radius 3 is 2.81 bits per heavy atom. The van der Waals surface area contributed by atoms with E-state index in [4.69, 9.17) is 5.73 Å². The molecule has 158 valence electrons. The highest BCUT2D eigenvalue weighted by Crippen LogP contribution is 2.38. The predicted octanol–water partition coefficient (Wildman–Crippen LogP) is 3.64. The maximum absolute atomic E-state index is 13.2. The maximum Gasteiger partial charge on any atom is 0.417 e. The van der Waals surface area contributed by atoms with Crippen LogP contribution in [0.1, 0.15) is 39.6 Å². The molecule has 1 aliphatic rings. The number of hydrogen-bond acceptors (Lipinski definition) is 5. The Morgan fingerprint density at radius 1 is 1.23 bits per heavy atom. The van der Waals surface area contributed by atoms with Gasteiger partial charge in [0, 0.05) is 18.8 Å². The second-order valence-corrected chi connectivity index (χ2v) is 7.59. The Morgan fingerprint density at radius 2 is 2.03 bits per heavy atom. The molecule has 0 bridgehead atoms. The molecule has 0 saturated carbocycles. The monoisotopic (exact) mass is 426 g/mol. The highest BCUT2D eigenvalue weighted by molar-refractivity contribution is 5.98. The van der Waals surface area contributed by atoms with Gasteiger partial charge in [-0.15, -0.1) is 0 Å². The van der Waals surface area contributed by atoms with E-state index in [2.05, 4.69) is 15.0 Å². The van der Waals surface area contributed by atoms with E-state index in [1.807, 2.05) is 0 Å². The van der Waals surface area contributed by atoms with E-state index in [9.17, 15) is 18.0 Å². The van der Waals surface area contributed by atoms with Gasteiger partial charge in [0.1, 0.15) is 11.3 Å². The van der Waals surface area contributed by atoms with Gasteiger partial charge in [-0.2, -0.15) is 13.2 Å². The van der Waals surface area contributed by atoms with Crippen LogP contribution < -0.4 is 5.73 Å². The number of pyridine rings is 1. The lowest BCUT2D eigenvalue weighted by molar-refractivity contribution is -0.137. The molecular formula is C21H17F3N6O. The molecule has 3 heterocycles. The van der Waals surface area contributed by atoms with E-state index in [1.165, 1.54) is 4.90 Å². The van der Waals surface area contributed by atoms with E-state index >= 15 is 0 Å². The molecule has 1 atom stereocenters. The Hall–Kier alpha value is -3.69. The second-order valence-electron chi connectivity index (χ2n) is 7.59. The number of halogens is 3. The molecule has 5 rings (SSSR count). The minimum absolute atomic E-state index is 0.258. The number of hydrogen-bond donors (Lipinski definition) is 1. The number of nitrogens with zero attached hydrogens (tertiary/aromatic N) is 5. The zero-order valence-corrected chi connectivity index (χ0v) is 16.4. The van der Waals surface area contributed by atoms with Crippen molar-refractivity contribution in [3.8, 4) is 0 Å². The van der Waals surface area contributed by atoms with E-state index in [1.54, 1.807) is 42.2 Å². The quantitative estimate of drug-likeness (QED) is 0.529. The number of aryl methyl sites for hydroxylation is 1. The molecule has 2 N–H and O–H groups in total. The Kier molecular flexibility index (Phi) is 4.14. The number of nitrogens with two attached hydrogens (primary N) is 1. The zero-order chi connectivity index (χ0) is 21.9. The fraction of sp³-hybridized carbons (Fsp3) is 0.238.